The Morgan fingerprint density at radius 3 is 1.10 bits per heavy atom. The molecule has 0 bridgehead atoms. The molecule has 70 heavy (non-hydrogen) atoms. The fourth-order valence-corrected chi connectivity index (χ4v) is 7.00. The summed E-state index contributed by atoms with van der Waals surface area (Å²) >= 11 is 0. The summed E-state index contributed by atoms with van der Waals surface area (Å²) in [6, 6.07) is -9.79. The van der Waals surface area contributed by atoms with Crippen molar-refractivity contribution in [2.24, 2.45) is 74.0 Å². The van der Waals surface area contributed by atoms with E-state index in [-0.39, 0.29) is 94.1 Å². The van der Waals surface area contributed by atoms with Gasteiger partial charge in [0.25, 0.3) is 0 Å². The number of carboxylic acid groups (broad SMARTS) is 1. The molecule has 25 nitrogen and oxygen atoms in total. The van der Waals surface area contributed by atoms with Crippen LogP contribution >= 0.6 is 0 Å². The van der Waals surface area contributed by atoms with Crippen LogP contribution in [-0.4, -0.2) is 132 Å². The van der Waals surface area contributed by atoms with Gasteiger partial charge in [-0.25, -0.2) is 4.79 Å². The van der Waals surface area contributed by atoms with Gasteiger partial charge in [0.1, 0.15) is 42.3 Å². The van der Waals surface area contributed by atoms with Gasteiger partial charge in [-0.2, -0.15) is 0 Å². The molecule has 8 amide bonds. The highest BCUT2D eigenvalue weighted by Crippen LogP contribution is 2.14. The maximum atomic E-state index is 14.1. The van der Waals surface area contributed by atoms with E-state index in [0.29, 0.717) is 6.42 Å². The fourth-order valence-electron chi connectivity index (χ4n) is 7.00. The Labute approximate surface area is 412 Å². The van der Waals surface area contributed by atoms with Gasteiger partial charge in [0.2, 0.25) is 47.3 Å². The number of nitrogens with two attached hydrogens (primary N) is 6. The summed E-state index contributed by atoms with van der Waals surface area (Å²) in [5, 5.41) is 28.2. The molecule has 0 aliphatic carbocycles. The first-order valence-electron chi connectivity index (χ1n) is 24.0. The highest BCUT2D eigenvalue weighted by Gasteiger charge is 2.36. The number of carboxylic acids is 1. The lowest BCUT2D eigenvalue weighted by Crippen LogP contribution is -2.61. The number of aliphatic carboxylic acids is 1. The third-order valence-electron chi connectivity index (χ3n) is 10.7. The molecule has 25 heteroatoms. The Bertz CT molecular complexity index is 1800. The molecule has 0 saturated heterocycles. The van der Waals surface area contributed by atoms with Crippen molar-refractivity contribution >= 4 is 65.1 Å². The number of hydrogen-bond acceptors (Lipinski definition) is 12. The van der Waals surface area contributed by atoms with Gasteiger partial charge in [0, 0.05) is 19.5 Å². The van der Waals surface area contributed by atoms with Crippen molar-refractivity contribution in [1.29, 1.82) is 0 Å². The van der Waals surface area contributed by atoms with Crippen LogP contribution in [-0.2, 0) is 43.2 Å². The summed E-state index contributed by atoms with van der Waals surface area (Å²) in [4.78, 5) is 128. The van der Waals surface area contributed by atoms with Gasteiger partial charge < -0.3 is 76.7 Å². The summed E-state index contributed by atoms with van der Waals surface area (Å²) in [6.07, 6.45) is 0.579. The third kappa shape index (κ3) is 26.5. The number of carbonyl (C=O) groups is 9. The SMILES string of the molecule is CC(C)C[C@H](NC(=O)[C@H](CCC(N)=O)NC(=O)[C@@H](NC(=O)[C@H](CC(C)C)NC(=O)[C@@H](N)CCCN=C(N)N)C(C)C)C(=O)N[C@@H](CC(C)C)C(=O)N[C@H](C(=O)N[C@@H](CCCN=C(N)N)C(=O)O)C(C)C. The van der Waals surface area contributed by atoms with Crippen LogP contribution in [0.15, 0.2) is 9.98 Å². The second-order valence-corrected chi connectivity index (χ2v) is 19.5. The monoisotopic (exact) mass is 996 g/mol. The summed E-state index contributed by atoms with van der Waals surface area (Å²) in [6.45, 7) is 17.9. The Morgan fingerprint density at radius 1 is 0.429 bits per heavy atom. The average molecular weight is 996 g/mol. The molecule has 0 aliphatic heterocycles. The maximum absolute atomic E-state index is 14.1. The Kier molecular flexibility index (Phi) is 29.6. The van der Waals surface area contributed by atoms with E-state index >= 15 is 0 Å². The molecule has 8 atom stereocenters. The van der Waals surface area contributed by atoms with Crippen LogP contribution in [0.5, 0.6) is 0 Å². The van der Waals surface area contributed by atoms with E-state index in [0.717, 1.165) is 0 Å². The van der Waals surface area contributed by atoms with Gasteiger partial charge in [-0.1, -0.05) is 69.2 Å². The standard InChI is InChI=1S/C45H85N15O10/c1-22(2)19-30(38(64)58-32(21-24(5)6)40(66)60-35(26(9)10)42(68)55-29(43(69)70)14-12-18-53-45(50)51)57-37(63)28(15-16-33(47)61)54-41(67)34(25(7)8)59-39(65)31(20-23(3)4)56-36(62)27(46)13-11-17-52-44(48)49/h22-32,34-35H,11-21,46H2,1-10H3,(H2,47,61)(H,54,67)(H,55,68)(H,56,62)(H,57,63)(H,58,64)(H,59,65)(H,60,66)(H,69,70)(H4,48,49,52)(H4,50,51,53)/t27-,28-,29-,30-,31-,32-,34-,35-/m0/s1. The van der Waals surface area contributed by atoms with Crippen molar-refractivity contribution in [2.75, 3.05) is 13.1 Å². The molecule has 0 fully saturated rings. The minimum Gasteiger partial charge on any atom is -0.480 e. The van der Waals surface area contributed by atoms with Crippen molar-refractivity contribution in [1.82, 2.24) is 37.2 Å². The van der Waals surface area contributed by atoms with Crippen LogP contribution in [0.4, 0.5) is 0 Å². The van der Waals surface area contributed by atoms with Gasteiger partial charge in [-0.05, 0) is 81.0 Å². The van der Waals surface area contributed by atoms with E-state index in [1.165, 1.54) is 0 Å². The normalized spacial score (nSPS) is 14.7. The van der Waals surface area contributed by atoms with E-state index < -0.39 is 113 Å². The fraction of sp³-hybridized carbons (Fsp3) is 0.756. The minimum absolute atomic E-state index is 0.00500. The molecule has 0 aromatic carbocycles. The van der Waals surface area contributed by atoms with E-state index in [2.05, 4.69) is 47.2 Å². The topological polar surface area (TPSA) is 439 Å². The number of guanidine groups is 2. The van der Waals surface area contributed by atoms with Crippen molar-refractivity contribution in [3.63, 3.8) is 0 Å². The number of hydrogen-bond donors (Lipinski definition) is 14. The molecule has 0 saturated carbocycles. The predicted molar refractivity (Wildman–Crippen MR) is 265 cm³/mol. The van der Waals surface area contributed by atoms with Gasteiger partial charge in [-0.3, -0.25) is 48.3 Å². The summed E-state index contributed by atoms with van der Waals surface area (Å²) < 4.78 is 0. The lowest BCUT2D eigenvalue weighted by atomic mass is 9.97. The van der Waals surface area contributed by atoms with Crippen LogP contribution in [0.25, 0.3) is 0 Å². The molecular weight excluding hydrogens is 911 g/mol. The van der Waals surface area contributed by atoms with Crippen LogP contribution in [0.2, 0.25) is 0 Å². The molecule has 0 aromatic rings. The van der Waals surface area contributed by atoms with Gasteiger partial charge in [0.15, 0.2) is 11.9 Å². The number of nitrogens with one attached hydrogen (secondary N) is 7. The first-order valence-corrected chi connectivity index (χ1v) is 24.0. The summed E-state index contributed by atoms with van der Waals surface area (Å²) in [7, 11) is 0. The molecule has 20 N–H and O–H groups in total. The molecule has 0 aromatic heterocycles. The van der Waals surface area contributed by atoms with E-state index in [4.69, 9.17) is 34.4 Å². The molecule has 0 aliphatic rings. The highest BCUT2D eigenvalue weighted by molar-refractivity contribution is 5.98. The van der Waals surface area contributed by atoms with Crippen LogP contribution in [0.1, 0.15) is 127 Å². The van der Waals surface area contributed by atoms with Crippen molar-refractivity contribution in [2.45, 2.75) is 175 Å². The number of carbonyl (C=O) groups excluding carboxylic acids is 8. The lowest BCUT2D eigenvalue weighted by Gasteiger charge is -2.30. The number of amides is 8. The minimum atomic E-state index is -1.44. The summed E-state index contributed by atoms with van der Waals surface area (Å²) in [5.41, 5.74) is 32.9. The second-order valence-electron chi connectivity index (χ2n) is 19.5. The largest absolute Gasteiger partial charge is 0.480 e. The maximum Gasteiger partial charge on any atom is 0.326 e. The molecule has 0 spiro atoms. The van der Waals surface area contributed by atoms with Crippen LogP contribution in [0, 0.1) is 29.6 Å². The quantitative estimate of drug-likeness (QED) is 0.0182. The van der Waals surface area contributed by atoms with E-state index in [1.54, 1.807) is 41.5 Å². The Hall–Kier alpha value is -6.27. The zero-order chi connectivity index (χ0) is 54.0. The number of nitrogens with zero attached hydrogens (tertiary/aromatic N) is 2. The lowest BCUT2D eigenvalue weighted by molar-refractivity contribution is -0.143. The van der Waals surface area contributed by atoms with Crippen LogP contribution < -0.4 is 71.6 Å². The first-order chi connectivity index (χ1) is 32.5. The number of primary amides is 1. The van der Waals surface area contributed by atoms with E-state index in [1.807, 2.05) is 27.7 Å². The van der Waals surface area contributed by atoms with Crippen molar-refractivity contribution in [3.05, 3.63) is 0 Å². The smallest absolute Gasteiger partial charge is 0.326 e. The third-order valence-corrected chi connectivity index (χ3v) is 10.7. The van der Waals surface area contributed by atoms with Crippen molar-refractivity contribution < 1.29 is 48.3 Å². The van der Waals surface area contributed by atoms with Crippen molar-refractivity contribution in [3.8, 4) is 0 Å². The molecule has 0 radical (unpaired) electrons. The second kappa shape index (κ2) is 32.5. The molecule has 0 heterocycles. The van der Waals surface area contributed by atoms with Gasteiger partial charge in [-0.15, -0.1) is 0 Å². The summed E-state index contributed by atoms with van der Waals surface area (Å²) in [5.74, 6) is -9.08. The molecular formula is C45H85N15O10. The Morgan fingerprint density at radius 2 is 0.757 bits per heavy atom. The molecule has 0 rings (SSSR count). The average Bonchev–Trinajstić information content (AvgIpc) is 3.23. The van der Waals surface area contributed by atoms with Crippen LogP contribution in [0.3, 0.4) is 0 Å². The first kappa shape index (κ1) is 63.7. The Balaban J connectivity index is 6.45. The number of rotatable bonds is 34. The zero-order valence-electron chi connectivity index (χ0n) is 42.8. The highest BCUT2D eigenvalue weighted by atomic mass is 16.4. The number of aliphatic imine (C=N–C) groups is 2. The predicted octanol–water partition coefficient (Wildman–Crippen LogP) is -2.39. The zero-order valence-corrected chi connectivity index (χ0v) is 42.8. The van der Waals surface area contributed by atoms with Gasteiger partial charge >= 0.3 is 5.97 Å². The van der Waals surface area contributed by atoms with Gasteiger partial charge in [0.05, 0.1) is 6.04 Å². The molecule has 400 valence electrons. The molecule has 0 unspecified atom stereocenters. The van der Waals surface area contributed by atoms with E-state index in [9.17, 15) is 48.3 Å².